The molecule has 1 aliphatic heterocycles. The van der Waals surface area contributed by atoms with Gasteiger partial charge in [0.05, 0.1) is 11.4 Å². The largest absolute Gasteiger partial charge is 0.456 e. The van der Waals surface area contributed by atoms with Crippen LogP contribution in [0.15, 0.2) is 59.0 Å². The van der Waals surface area contributed by atoms with Gasteiger partial charge in [-0.3, -0.25) is 4.79 Å². The Hall–Kier alpha value is -3.21. The molecule has 5 nitrogen and oxygen atoms in total. The first-order chi connectivity index (χ1) is 14.0. The standard InChI is InChI=1S/C24H27N3O2/c1-17-8-10-22(20(16-17)25-24(28)23-11-9-19(3)29-23)27-14-12-26(13-15-27)21-7-5-4-6-18(21)2/h4-11,16H,12-15H2,1-3H3,(H,25,28). The summed E-state index contributed by atoms with van der Waals surface area (Å²) < 4.78 is 5.48. The number of piperazine rings is 1. The van der Waals surface area contributed by atoms with Gasteiger partial charge in [-0.25, -0.2) is 0 Å². The number of carbonyl (C=O) groups excluding carboxylic acids is 1. The zero-order valence-electron chi connectivity index (χ0n) is 17.2. The molecule has 29 heavy (non-hydrogen) atoms. The lowest BCUT2D eigenvalue weighted by Crippen LogP contribution is -2.47. The molecule has 0 unspecified atom stereocenters. The summed E-state index contributed by atoms with van der Waals surface area (Å²) in [6.07, 6.45) is 0. The lowest BCUT2D eigenvalue weighted by molar-refractivity contribution is 0.0995. The zero-order valence-corrected chi connectivity index (χ0v) is 17.2. The van der Waals surface area contributed by atoms with E-state index in [2.05, 4.69) is 58.4 Å². The number of anilines is 3. The van der Waals surface area contributed by atoms with Crippen LogP contribution in [0.25, 0.3) is 0 Å². The highest BCUT2D eigenvalue weighted by Crippen LogP contribution is 2.30. The topological polar surface area (TPSA) is 48.7 Å². The number of carbonyl (C=O) groups is 1. The number of nitrogens with one attached hydrogen (secondary N) is 1. The average molecular weight is 389 g/mol. The number of furan rings is 1. The van der Waals surface area contributed by atoms with Crippen LogP contribution in [0.5, 0.6) is 0 Å². The van der Waals surface area contributed by atoms with E-state index >= 15 is 0 Å². The zero-order chi connectivity index (χ0) is 20.4. The average Bonchev–Trinajstić information content (AvgIpc) is 3.15. The molecule has 0 radical (unpaired) electrons. The van der Waals surface area contributed by atoms with Crippen LogP contribution in [0.3, 0.4) is 0 Å². The summed E-state index contributed by atoms with van der Waals surface area (Å²) in [5.41, 5.74) is 5.60. The molecule has 4 rings (SSSR count). The van der Waals surface area contributed by atoms with Gasteiger partial charge < -0.3 is 19.5 Å². The quantitative estimate of drug-likeness (QED) is 0.697. The highest BCUT2D eigenvalue weighted by Gasteiger charge is 2.21. The van der Waals surface area contributed by atoms with Gasteiger partial charge in [0.1, 0.15) is 5.76 Å². The third-order valence-corrected chi connectivity index (χ3v) is 5.44. The smallest absolute Gasteiger partial charge is 0.291 e. The fraction of sp³-hybridized carbons (Fsp3) is 0.292. The van der Waals surface area contributed by atoms with Crippen molar-refractivity contribution in [2.24, 2.45) is 0 Å². The van der Waals surface area contributed by atoms with E-state index < -0.39 is 0 Å². The maximum Gasteiger partial charge on any atom is 0.291 e. The number of hydrogen-bond acceptors (Lipinski definition) is 4. The third kappa shape index (κ3) is 4.14. The molecule has 1 amide bonds. The Morgan fingerprint density at radius 1 is 0.862 bits per heavy atom. The molecular formula is C24H27N3O2. The number of hydrogen-bond donors (Lipinski definition) is 1. The van der Waals surface area contributed by atoms with Gasteiger partial charge in [0.25, 0.3) is 5.91 Å². The van der Waals surface area contributed by atoms with Crippen molar-refractivity contribution in [1.82, 2.24) is 0 Å². The van der Waals surface area contributed by atoms with Gasteiger partial charge in [-0.15, -0.1) is 0 Å². The van der Waals surface area contributed by atoms with Crippen LogP contribution in [-0.2, 0) is 0 Å². The summed E-state index contributed by atoms with van der Waals surface area (Å²) in [6, 6.07) is 18.3. The number of rotatable bonds is 4. The Kier molecular flexibility index (Phi) is 5.30. The lowest BCUT2D eigenvalue weighted by Gasteiger charge is -2.38. The number of amides is 1. The Morgan fingerprint density at radius 3 is 2.21 bits per heavy atom. The first-order valence-electron chi connectivity index (χ1n) is 10.1. The molecule has 1 N–H and O–H groups in total. The molecule has 1 fully saturated rings. The third-order valence-electron chi connectivity index (χ3n) is 5.44. The maximum atomic E-state index is 12.6. The van der Waals surface area contributed by atoms with Crippen LogP contribution in [0.1, 0.15) is 27.4 Å². The first kappa shape index (κ1) is 19.1. The predicted octanol–water partition coefficient (Wildman–Crippen LogP) is 4.78. The van der Waals surface area contributed by atoms with Gasteiger partial charge in [0.2, 0.25) is 0 Å². The van der Waals surface area contributed by atoms with E-state index in [1.54, 1.807) is 12.1 Å². The van der Waals surface area contributed by atoms with Crippen LogP contribution in [0, 0.1) is 20.8 Å². The number of para-hydroxylation sites is 1. The van der Waals surface area contributed by atoms with Gasteiger partial charge >= 0.3 is 0 Å². The van der Waals surface area contributed by atoms with E-state index in [1.807, 2.05) is 19.9 Å². The molecular weight excluding hydrogens is 362 g/mol. The van der Waals surface area contributed by atoms with Crippen molar-refractivity contribution >= 4 is 23.0 Å². The molecule has 0 saturated carbocycles. The molecule has 2 aromatic carbocycles. The molecule has 0 atom stereocenters. The Balaban J connectivity index is 1.50. The van der Waals surface area contributed by atoms with Crippen molar-refractivity contribution in [2.75, 3.05) is 41.3 Å². The van der Waals surface area contributed by atoms with Crippen molar-refractivity contribution in [2.45, 2.75) is 20.8 Å². The van der Waals surface area contributed by atoms with E-state index in [-0.39, 0.29) is 5.91 Å². The van der Waals surface area contributed by atoms with Crippen LogP contribution >= 0.6 is 0 Å². The van der Waals surface area contributed by atoms with Gasteiger partial charge in [0.15, 0.2) is 5.76 Å². The molecule has 3 aromatic rings. The second kappa shape index (κ2) is 8.03. The Bertz CT molecular complexity index is 1020. The van der Waals surface area contributed by atoms with Crippen molar-refractivity contribution in [3.8, 4) is 0 Å². The van der Waals surface area contributed by atoms with Crippen molar-refractivity contribution < 1.29 is 9.21 Å². The normalized spacial score (nSPS) is 14.2. The van der Waals surface area contributed by atoms with Crippen molar-refractivity contribution in [3.05, 3.63) is 77.2 Å². The Labute approximate surface area is 171 Å². The van der Waals surface area contributed by atoms with Crippen LogP contribution in [0.2, 0.25) is 0 Å². The Morgan fingerprint density at radius 2 is 1.55 bits per heavy atom. The van der Waals surface area contributed by atoms with E-state index in [4.69, 9.17) is 4.42 Å². The van der Waals surface area contributed by atoms with Crippen molar-refractivity contribution in [3.63, 3.8) is 0 Å². The lowest BCUT2D eigenvalue weighted by atomic mass is 10.1. The molecule has 1 aliphatic rings. The van der Waals surface area contributed by atoms with Crippen molar-refractivity contribution in [1.29, 1.82) is 0 Å². The highest BCUT2D eigenvalue weighted by atomic mass is 16.3. The maximum absolute atomic E-state index is 12.6. The molecule has 2 heterocycles. The molecule has 0 bridgehead atoms. The molecule has 0 aliphatic carbocycles. The highest BCUT2D eigenvalue weighted by molar-refractivity contribution is 6.04. The van der Waals surface area contributed by atoms with Crippen LogP contribution in [-0.4, -0.2) is 32.1 Å². The summed E-state index contributed by atoms with van der Waals surface area (Å²) in [5.74, 6) is 0.842. The van der Waals surface area contributed by atoms with Crippen LogP contribution in [0.4, 0.5) is 17.1 Å². The van der Waals surface area contributed by atoms with Gasteiger partial charge in [-0.1, -0.05) is 24.3 Å². The summed E-state index contributed by atoms with van der Waals surface area (Å²) >= 11 is 0. The molecule has 5 heteroatoms. The summed E-state index contributed by atoms with van der Waals surface area (Å²) in [4.78, 5) is 17.4. The minimum absolute atomic E-state index is 0.219. The van der Waals surface area contributed by atoms with E-state index in [0.717, 1.165) is 48.9 Å². The van der Waals surface area contributed by atoms with E-state index in [1.165, 1.54) is 11.3 Å². The fourth-order valence-corrected chi connectivity index (χ4v) is 3.87. The number of aryl methyl sites for hydroxylation is 3. The minimum atomic E-state index is -0.219. The second-order valence-electron chi connectivity index (χ2n) is 7.65. The summed E-state index contributed by atoms with van der Waals surface area (Å²) in [6.45, 7) is 9.73. The molecule has 150 valence electrons. The van der Waals surface area contributed by atoms with E-state index in [9.17, 15) is 4.79 Å². The second-order valence-corrected chi connectivity index (χ2v) is 7.65. The SMILES string of the molecule is Cc1ccc(N2CCN(c3ccccc3C)CC2)c(NC(=O)c2ccc(C)o2)c1. The van der Waals surface area contributed by atoms with Gasteiger partial charge in [0, 0.05) is 31.9 Å². The number of benzene rings is 2. The molecule has 0 spiro atoms. The van der Waals surface area contributed by atoms with Crippen LogP contribution < -0.4 is 15.1 Å². The van der Waals surface area contributed by atoms with Gasteiger partial charge in [-0.05, 0) is 62.2 Å². The summed E-state index contributed by atoms with van der Waals surface area (Å²) in [5, 5.41) is 3.04. The fourth-order valence-electron chi connectivity index (χ4n) is 3.87. The van der Waals surface area contributed by atoms with E-state index in [0.29, 0.717) is 5.76 Å². The predicted molar refractivity (Wildman–Crippen MR) is 118 cm³/mol. The number of nitrogens with zero attached hydrogens (tertiary/aromatic N) is 2. The monoisotopic (exact) mass is 389 g/mol. The minimum Gasteiger partial charge on any atom is -0.456 e. The summed E-state index contributed by atoms with van der Waals surface area (Å²) in [7, 11) is 0. The molecule has 1 aromatic heterocycles. The first-order valence-corrected chi connectivity index (χ1v) is 10.1. The molecule has 1 saturated heterocycles. The van der Waals surface area contributed by atoms with Gasteiger partial charge in [-0.2, -0.15) is 0 Å².